The second-order valence-electron chi connectivity index (χ2n) is 4.29. The Balaban J connectivity index is 2.73. The van der Waals surface area contributed by atoms with E-state index < -0.39 is 0 Å². The van der Waals surface area contributed by atoms with Gasteiger partial charge < -0.3 is 9.64 Å². The summed E-state index contributed by atoms with van der Waals surface area (Å²) >= 11 is 0. The first-order valence-corrected chi connectivity index (χ1v) is 6.13. The summed E-state index contributed by atoms with van der Waals surface area (Å²) in [5, 5.41) is 0. The first kappa shape index (κ1) is 14.3. The van der Waals surface area contributed by atoms with Crippen LogP contribution in [-0.2, 0) is 9.53 Å². The molecule has 0 atom stereocenters. The van der Waals surface area contributed by atoms with E-state index in [-0.39, 0.29) is 5.97 Å². The van der Waals surface area contributed by atoms with Crippen molar-refractivity contribution in [2.24, 2.45) is 0 Å². The Kier molecular flexibility index (Phi) is 5.43. The van der Waals surface area contributed by atoms with Crippen LogP contribution in [0.15, 0.2) is 35.9 Å². The molecular formula is C15H21NO2. The largest absolute Gasteiger partial charge is 0.466 e. The highest BCUT2D eigenvalue weighted by Crippen LogP contribution is 2.14. The fourth-order valence-electron chi connectivity index (χ4n) is 1.72. The number of carbonyl (C=O) groups excluding carboxylic acids is 1. The molecule has 3 nitrogen and oxygen atoms in total. The van der Waals surface area contributed by atoms with E-state index in [1.807, 2.05) is 26.1 Å². The molecule has 3 heteroatoms. The van der Waals surface area contributed by atoms with Gasteiger partial charge in [-0.3, -0.25) is 0 Å². The minimum absolute atomic E-state index is 0.241. The number of likely N-dealkylation sites (N-methyl/N-ethyl adjacent to an activating group) is 1. The molecule has 0 heterocycles. The third-order valence-electron chi connectivity index (χ3n) is 2.88. The van der Waals surface area contributed by atoms with Gasteiger partial charge in [-0.2, -0.15) is 0 Å². The molecule has 0 unspecified atom stereocenters. The lowest BCUT2D eigenvalue weighted by molar-refractivity contribution is -0.136. The summed E-state index contributed by atoms with van der Waals surface area (Å²) < 4.78 is 4.73. The fourth-order valence-corrected chi connectivity index (χ4v) is 1.72. The standard InChI is InChI=1S/C15H21NO2/c1-5-13(15(17)18-4)9-10-16(3)14-8-6-7-12(2)11-14/h6-9,11H,5,10H2,1-4H3. The molecule has 0 aromatic heterocycles. The van der Waals surface area contributed by atoms with E-state index >= 15 is 0 Å². The third-order valence-corrected chi connectivity index (χ3v) is 2.88. The number of anilines is 1. The Bertz CT molecular complexity index is 438. The van der Waals surface area contributed by atoms with E-state index in [0.29, 0.717) is 13.0 Å². The van der Waals surface area contributed by atoms with E-state index in [0.717, 1.165) is 11.3 Å². The molecule has 0 aliphatic heterocycles. The molecule has 1 aromatic carbocycles. The van der Waals surface area contributed by atoms with Crippen LogP contribution in [0.2, 0.25) is 0 Å². The highest BCUT2D eigenvalue weighted by atomic mass is 16.5. The van der Waals surface area contributed by atoms with Gasteiger partial charge in [0.2, 0.25) is 0 Å². The van der Waals surface area contributed by atoms with Crippen LogP contribution in [0, 0.1) is 6.92 Å². The summed E-state index contributed by atoms with van der Waals surface area (Å²) in [6.45, 7) is 4.72. The van der Waals surface area contributed by atoms with E-state index in [1.54, 1.807) is 0 Å². The Morgan fingerprint density at radius 3 is 2.72 bits per heavy atom. The highest BCUT2D eigenvalue weighted by Gasteiger charge is 2.07. The van der Waals surface area contributed by atoms with Crippen molar-refractivity contribution in [1.29, 1.82) is 0 Å². The highest BCUT2D eigenvalue weighted by molar-refractivity contribution is 5.88. The van der Waals surface area contributed by atoms with Gasteiger partial charge in [-0.05, 0) is 31.0 Å². The summed E-state index contributed by atoms with van der Waals surface area (Å²) in [6, 6.07) is 8.28. The van der Waals surface area contributed by atoms with E-state index in [2.05, 4.69) is 30.0 Å². The zero-order valence-electron chi connectivity index (χ0n) is 11.6. The van der Waals surface area contributed by atoms with Crippen LogP contribution in [-0.4, -0.2) is 26.7 Å². The monoisotopic (exact) mass is 247 g/mol. The summed E-state index contributed by atoms with van der Waals surface area (Å²) in [4.78, 5) is 13.5. The van der Waals surface area contributed by atoms with E-state index in [1.165, 1.54) is 12.7 Å². The van der Waals surface area contributed by atoms with Crippen LogP contribution in [0.3, 0.4) is 0 Å². The fraction of sp³-hybridized carbons (Fsp3) is 0.400. The SMILES string of the molecule is CCC(=CCN(C)c1cccc(C)c1)C(=O)OC. The molecule has 0 aliphatic rings. The van der Waals surface area contributed by atoms with Gasteiger partial charge in [-0.25, -0.2) is 4.79 Å². The van der Waals surface area contributed by atoms with E-state index in [9.17, 15) is 4.79 Å². The summed E-state index contributed by atoms with van der Waals surface area (Å²) in [5.41, 5.74) is 3.09. The number of ether oxygens (including phenoxy) is 1. The van der Waals surface area contributed by atoms with Gasteiger partial charge in [0.25, 0.3) is 0 Å². The number of hydrogen-bond acceptors (Lipinski definition) is 3. The molecule has 0 fully saturated rings. The topological polar surface area (TPSA) is 29.5 Å². The smallest absolute Gasteiger partial charge is 0.333 e. The van der Waals surface area contributed by atoms with Crippen molar-refractivity contribution in [3.8, 4) is 0 Å². The number of nitrogens with zero attached hydrogens (tertiary/aromatic N) is 1. The number of aryl methyl sites for hydroxylation is 1. The maximum absolute atomic E-state index is 11.4. The predicted octanol–water partition coefficient (Wildman–Crippen LogP) is 2.94. The summed E-state index contributed by atoms with van der Waals surface area (Å²) in [5.74, 6) is -0.241. The molecule has 0 N–H and O–H groups in total. The minimum atomic E-state index is -0.241. The maximum Gasteiger partial charge on any atom is 0.333 e. The molecule has 0 saturated heterocycles. The Hall–Kier alpha value is -1.77. The first-order chi connectivity index (χ1) is 8.58. The first-order valence-electron chi connectivity index (χ1n) is 6.13. The van der Waals surface area contributed by atoms with Gasteiger partial charge in [0.05, 0.1) is 7.11 Å². The normalized spacial score (nSPS) is 11.2. The molecule has 1 aromatic rings. The second-order valence-corrected chi connectivity index (χ2v) is 4.29. The Morgan fingerprint density at radius 1 is 1.44 bits per heavy atom. The van der Waals surface area contributed by atoms with Gasteiger partial charge in [0.1, 0.15) is 0 Å². The zero-order chi connectivity index (χ0) is 13.5. The van der Waals surface area contributed by atoms with E-state index in [4.69, 9.17) is 4.74 Å². The lowest BCUT2D eigenvalue weighted by atomic mass is 10.2. The molecule has 1 rings (SSSR count). The lowest BCUT2D eigenvalue weighted by Crippen LogP contribution is -2.18. The molecule has 0 spiro atoms. The number of carbonyl (C=O) groups is 1. The number of hydrogen-bond donors (Lipinski definition) is 0. The van der Waals surface area contributed by atoms with Gasteiger partial charge in [-0.15, -0.1) is 0 Å². The van der Waals surface area contributed by atoms with Crippen molar-refractivity contribution in [2.45, 2.75) is 20.3 Å². The molecule has 0 aliphatic carbocycles. The third kappa shape index (κ3) is 3.91. The van der Waals surface area contributed by atoms with Crippen LogP contribution in [0.4, 0.5) is 5.69 Å². The summed E-state index contributed by atoms with van der Waals surface area (Å²) in [7, 11) is 3.42. The number of rotatable bonds is 5. The molecule has 98 valence electrons. The Labute approximate surface area is 109 Å². The number of esters is 1. The molecule has 0 radical (unpaired) electrons. The molecule has 18 heavy (non-hydrogen) atoms. The van der Waals surface area contributed by atoms with Crippen molar-refractivity contribution < 1.29 is 9.53 Å². The molecule has 0 amide bonds. The number of benzene rings is 1. The van der Waals surface area contributed by atoms with Crippen LogP contribution in [0.1, 0.15) is 18.9 Å². The van der Waals surface area contributed by atoms with Crippen LogP contribution < -0.4 is 4.90 Å². The molecule has 0 bridgehead atoms. The van der Waals surface area contributed by atoms with Crippen LogP contribution in [0.25, 0.3) is 0 Å². The van der Waals surface area contributed by atoms with Crippen LogP contribution in [0.5, 0.6) is 0 Å². The van der Waals surface area contributed by atoms with Gasteiger partial charge >= 0.3 is 5.97 Å². The van der Waals surface area contributed by atoms with Crippen molar-refractivity contribution in [1.82, 2.24) is 0 Å². The zero-order valence-corrected chi connectivity index (χ0v) is 11.6. The average molecular weight is 247 g/mol. The van der Waals surface area contributed by atoms with Crippen molar-refractivity contribution in [2.75, 3.05) is 25.6 Å². The van der Waals surface area contributed by atoms with Gasteiger partial charge in [0.15, 0.2) is 0 Å². The second kappa shape index (κ2) is 6.84. The Morgan fingerprint density at radius 2 is 2.17 bits per heavy atom. The minimum Gasteiger partial charge on any atom is -0.466 e. The maximum atomic E-state index is 11.4. The molecular weight excluding hydrogens is 226 g/mol. The number of methoxy groups -OCH3 is 1. The summed E-state index contributed by atoms with van der Waals surface area (Å²) in [6.07, 6.45) is 2.61. The van der Waals surface area contributed by atoms with Crippen molar-refractivity contribution >= 4 is 11.7 Å². The average Bonchev–Trinajstić information content (AvgIpc) is 2.38. The van der Waals surface area contributed by atoms with Gasteiger partial charge in [0, 0.05) is 24.9 Å². The van der Waals surface area contributed by atoms with Crippen molar-refractivity contribution in [3.63, 3.8) is 0 Å². The predicted molar refractivity (Wildman–Crippen MR) is 74.8 cm³/mol. The van der Waals surface area contributed by atoms with Crippen LogP contribution >= 0.6 is 0 Å². The van der Waals surface area contributed by atoms with Crippen molar-refractivity contribution in [3.05, 3.63) is 41.5 Å². The molecule has 0 saturated carbocycles. The van der Waals surface area contributed by atoms with Gasteiger partial charge in [-0.1, -0.05) is 25.1 Å². The quantitative estimate of drug-likeness (QED) is 0.592. The lowest BCUT2D eigenvalue weighted by Gasteiger charge is -2.18.